The van der Waals surface area contributed by atoms with Gasteiger partial charge in [0.05, 0.1) is 10.7 Å². The number of sulfonamides is 1. The number of rotatable bonds is 4. The van der Waals surface area contributed by atoms with Crippen LogP contribution < -0.4 is 4.72 Å². The SMILES string of the molecule is O=C(O)c1c(Cl)cccc1NS(=O)(=O)c1ncccc1F. The van der Waals surface area contributed by atoms with Crippen molar-refractivity contribution in [1.82, 2.24) is 4.98 Å². The molecule has 2 N–H and O–H groups in total. The van der Waals surface area contributed by atoms with Crippen molar-refractivity contribution in [3.63, 3.8) is 0 Å². The minimum Gasteiger partial charge on any atom is -0.478 e. The van der Waals surface area contributed by atoms with Gasteiger partial charge in [0.2, 0.25) is 5.03 Å². The van der Waals surface area contributed by atoms with Gasteiger partial charge in [-0.15, -0.1) is 0 Å². The molecule has 0 aliphatic rings. The van der Waals surface area contributed by atoms with Crippen LogP contribution in [0.5, 0.6) is 0 Å². The van der Waals surface area contributed by atoms with Crippen molar-refractivity contribution in [3.8, 4) is 0 Å². The highest BCUT2D eigenvalue weighted by molar-refractivity contribution is 7.92. The minimum atomic E-state index is -4.37. The molecule has 0 spiro atoms. The molecule has 0 amide bonds. The lowest BCUT2D eigenvalue weighted by Gasteiger charge is -2.11. The van der Waals surface area contributed by atoms with Gasteiger partial charge < -0.3 is 5.11 Å². The Hall–Kier alpha value is -2.19. The zero-order chi connectivity index (χ0) is 15.6. The van der Waals surface area contributed by atoms with E-state index in [9.17, 15) is 17.6 Å². The van der Waals surface area contributed by atoms with Gasteiger partial charge in [-0.2, -0.15) is 8.42 Å². The summed E-state index contributed by atoms with van der Waals surface area (Å²) in [5.74, 6) is -2.47. The van der Waals surface area contributed by atoms with Crippen LogP contribution in [0.4, 0.5) is 10.1 Å². The molecule has 2 aromatic rings. The third-order valence-electron chi connectivity index (χ3n) is 2.45. The summed E-state index contributed by atoms with van der Waals surface area (Å²) < 4.78 is 39.6. The van der Waals surface area contributed by atoms with Crippen LogP contribution in [-0.2, 0) is 10.0 Å². The molecule has 0 unspecified atom stereocenters. The van der Waals surface area contributed by atoms with Crippen LogP contribution in [0.1, 0.15) is 10.4 Å². The number of nitrogens with one attached hydrogen (secondary N) is 1. The predicted molar refractivity (Wildman–Crippen MR) is 73.4 cm³/mol. The molecule has 21 heavy (non-hydrogen) atoms. The molecule has 6 nitrogen and oxygen atoms in total. The Morgan fingerprint density at radius 1 is 1.29 bits per heavy atom. The number of halogens is 2. The molecule has 0 atom stereocenters. The smallest absolute Gasteiger partial charge is 0.339 e. The number of carbonyl (C=O) groups is 1. The molecule has 1 aromatic carbocycles. The normalized spacial score (nSPS) is 11.1. The summed E-state index contributed by atoms with van der Waals surface area (Å²) in [5.41, 5.74) is -0.709. The van der Waals surface area contributed by atoms with Crippen LogP contribution in [0.2, 0.25) is 5.02 Å². The Bertz CT molecular complexity index is 811. The molecule has 1 aromatic heterocycles. The van der Waals surface area contributed by atoms with Crippen molar-refractivity contribution >= 4 is 33.3 Å². The second kappa shape index (κ2) is 5.66. The molecule has 2 rings (SSSR count). The highest BCUT2D eigenvalue weighted by Gasteiger charge is 2.24. The summed E-state index contributed by atoms with van der Waals surface area (Å²) in [6.07, 6.45) is 1.10. The summed E-state index contributed by atoms with van der Waals surface area (Å²) in [6, 6.07) is 6.02. The second-order valence-corrected chi connectivity index (χ2v) is 5.87. The van der Waals surface area contributed by atoms with Gasteiger partial charge in [0.15, 0.2) is 5.82 Å². The fraction of sp³-hybridized carbons (Fsp3) is 0. The van der Waals surface area contributed by atoms with Crippen LogP contribution in [0.25, 0.3) is 0 Å². The minimum absolute atomic E-state index is 0.149. The maximum atomic E-state index is 13.5. The van der Waals surface area contributed by atoms with Crippen LogP contribution in [0, 0.1) is 5.82 Å². The van der Waals surface area contributed by atoms with Crippen LogP contribution in [-0.4, -0.2) is 24.5 Å². The molecule has 110 valence electrons. The molecule has 0 aliphatic carbocycles. The average Bonchev–Trinajstić information content (AvgIpc) is 2.38. The monoisotopic (exact) mass is 330 g/mol. The number of carboxylic acid groups (broad SMARTS) is 1. The maximum absolute atomic E-state index is 13.5. The van der Waals surface area contributed by atoms with Gasteiger partial charge in [0.25, 0.3) is 10.0 Å². The number of aromatic carboxylic acids is 1. The number of anilines is 1. The first-order valence-electron chi connectivity index (χ1n) is 5.48. The zero-order valence-electron chi connectivity index (χ0n) is 10.2. The number of aromatic nitrogens is 1. The fourth-order valence-corrected chi connectivity index (χ4v) is 2.92. The van der Waals surface area contributed by atoms with E-state index >= 15 is 0 Å². The molecule has 1 heterocycles. The molecule has 9 heteroatoms. The van der Waals surface area contributed by atoms with E-state index in [1.54, 1.807) is 0 Å². The lowest BCUT2D eigenvalue weighted by molar-refractivity contribution is 0.0698. The number of benzene rings is 1. The van der Waals surface area contributed by atoms with Gasteiger partial charge in [-0.3, -0.25) is 4.72 Å². The number of hydrogen-bond acceptors (Lipinski definition) is 4. The van der Waals surface area contributed by atoms with E-state index in [-0.39, 0.29) is 10.7 Å². The molecule has 0 bridgehead atoms. The van der Waals surface area contributed by atoms with Crippen LogP contribution in [0.15, 0.2) is 41.6 Å². The van der Waals surface area contributed by atoms with E-state index in [2.05, 4.69) is 4.98 Å². The van der Waals surface area contributed by atoms with E-state index in [0.717, 1.165) is 12.3 Å². The van der Waals surface area contributed by atoms with Crippen molar-refractivity contribution in [2.75, 3.05) is 4.72 Å². The van der Waals surface area contributed by atoms with Crippen LogP contribution >= 0.6 is 11.6 Å². The quantitative estimate of drug-likeness (QED) is 0.897. The summed E-state index contributed by atoms with van der Waals surface area (Å²) in [5, 5.41) is 8.08. The van der Waals surface area contributed by atoms with Gasteiger partial charge in [-0.05, 0) is 24.3 Å². The Labute approximate surface area is 124 Å². The Balaban J connectivity index is 2.50. The molecule has 0 aliphatic heterocycles. The van der Waals surface area contributed by atoms with Crippen molar-refractivity contribution in [1.29, 1.82) is 0 Å². The third-order valence-corrected chi connectivity index (χ3v) is 4.06. The number of pyridine rings is 1. The van der Waals surface area contributed by atoms with Gasteiger partial charge in [0.1, 0.15) is 5.56 Å². The zero-order valence-corrected chi connectivity index (χ0v) is 11.8. The van der Waals surface area contributed by atoms with Gasteiger partial charge >= 0.3 is 5.97 Å². The number of hydrogen-bond donors (Lipinski definition) is 2. The van der Waals surface area contributed by atoms with E-state index in [0.29, 0.717) is 0 Å². The first-order valence-corrected chi connectivity index (χ1v) is 7.34. The van der Waals surface area contributed by atoms with Crippen molar-refractivity contribution in [2.24, 2.45) is 0 Å². The highest BCUT2D eigenvalue weighted by atomic mass is 35.5. The lowest BCUT2D eigenvalue weighted by Crippen LogP contribution is -2.18. The predicted octanol–water partition coefficient (Wildman–Crippen LogP) is 2.37. The average molecular weight is 331 g/mol. The first-order chi connectivity index (χ1) is 9.83. The molecule has 0 saturated heterocycles. The Kier molecular flexibility index (Phi) is 4.10. The van der Waals surface area contributed by atoms with E-state index in [4.69, 9.17) is 16.7 Å². The van der Waals surface area contributed by atoms with Gasteiger partial charge in [-0.25, -0.2) is 14.2 Å². The second-order valence-electron chi connectivity index (χ2n) is 3.86. The molecule has 0 saturated carbocycles. The largest absolute Gasteiger partial charge is 0.478 e. The van der Waals surface area contributed by atoms with Crippen molar-refractivity contribution in [3.05, 3.63) is 52.9 Å². The standard InChI is InChI=1S/C12H8ClFN2O4S/c13-7-3-1-5-9(10(7)12(17)18)16-21(19,20)11-8(14)4-2-6-15-11/h1-6,16H,(H,17,18). The summed E-state index contributed by atoms with van der Waals surface area (Å²) in [6.45, 7) is 0. The number of carboxylic acids is 1. The van der Waals surface area contributed by atoms with Crippen molar-refractivity contribution < 1.29 is 22.7 Å². The topological polar surface area (TPSA) is 96.4 Å². The molecular formula is C12H8ClFN2O4S. The van der Waals surface area contributed by atoms with Gasteiger partial charge in [0, 0.05) is 6.20 Å². The number of nitrogens with zero attached hydrogens (tertiary/aromatic N) is 1. The summed E-state index contributed by atoms with van der Waals surface area (Å²) in [4.78, 5) is 14.6. The van der Waals surface area contributed by atoms with E-state index < -0.39 is 32.4 Å². The van der Waals surface area contributed by atoms with E-state index in [1.165, 1.54) is 24.3 Å². The fourth-order valence-electron chi connectivity index (χ4n) is 1.59. The highest BCUT2D eigenvalue weighted by Crippen LogP contribution is 2.26. The van der Waals surface area contributed by atoms with E-state index in [1.807, 2.05) is 4.72 Å². The summed E-state index contributed by atoms with van der Waals surface area (Å²) >= 11 is 5.73. The molecule has 0 radical (unpaired) electrons. The van der Waals surface area contributed by atoms with Crippen molar-refractivity contribution in [2.45, 2.75) is 5.03 Å². The Morgan fingerprint density at radius 3 is 2.62 bits per heavy atom. The van der Waals surface area contributed by atoms with Gasteiger partial charge in [-0.1, -0.05) is 17.7 Å². The van der Waals surface area contributed by atoms with Crippen LogP contribution in [0.3, 0.4) is 0 Å². The first kappa shape index (κ1) is 15.2. The lowest BCUT2D eigenvalue weighted by atomic mass is 10.2. The maximum Gasteiger partial charge on any atom is 0.339 e. The Morgan fingerprint density at radius 2 is 2.00 bits per heavy atom. The molecule has 0 fully saturated rings. The third kappa shape index (κ3) is 3.11. The summed E-state index contributed by atoms with van der Waals surface area (Å²) in [7, 11) is -4.37. The molecular weight excluding hydrogens is 323 g/mol.